The van der Waals surface area contributed by atoms with E-state index in [1.807, 2.05) is 49.4 Å². The number of hydrogen-bond donors (Lipinski definition) is 1. The van der Waals surface area contributed by atoms with Gasteiger partial charge in [0.2, 0.25) is 0 Å². The monoisotopic (exact) mass is 448 g/mol. The first-order valence-corrected chi connectivity index (χ1v) is 11.0. The Bertz CT molecular complexity index is 1080. The van der Waals surface area contributed by atoms with Crippen LogP contribution in [0.15, 0.2) is 84.0 Å². The largest absolute Gasteiger partial charge is 0.378 e. The molecule has 0 bridgehead atoms. The van der Waals surface area contributed by atoms with Crippen LogP contribution in [-0.2, 0) is 6.54 Å². The van der Waals surface area contributed by atoms with Crippen LogP contribution in [0, 0.1) is 0 Å². The Morgan fingerprint density at radius 3 is 2.52 bits per heavy atom. The van der Waals surface area contributed by atoms with E-state index in [0.29, 0.717) is 11.7 Å². The van der Waals surface area contributed by atoms with Gasteiger partial charge in [-0.25, -0.2) is 5.01 Å². The van der Waals surface area contributed by atoms with E-state index in [1.165, 1.54) is 5.56 Å². The van der Waals surface area contributed by atoms with Crippen LogP contribution in [0.4, 0.5) is 5.69 Å². The molecule has 0 unspecified atom stereocenters. The summed E-state index contributed by atoms with van der Waals surface area (Å²) in [4.78, 5) is 2.10. The van der Waals surface area contributed by atoms with Gasteiger partial charge in [-0.05, 0) is 53.2 Å². The van der Waals surface area contributed by atoms with Gasteiger partial charge in [-0.3, -0.25) is 0 Å². The fourth-order valence-electron chi connectivity index (χ4n) is 3.63. The third kappa shape index (κ3) is 5.06. The van der Waals surface area contributed by atoms with Gasteiger partial charge in [0.15, 0.2) is 5.11 Å². The maximum Gasteiger partial charge on any atom is 0.190 e. The lowest BCUT2D eigenvalue weighted by atomic mass is 9.98. The summed E-state index contributed by atoms with van der Waals surface area (Å²) >= 11 is 11.9. The molecule has 158 valence electrons. The summed E-state index contributed by atoms with van der Waals surface area (Å²) in [7, 11) is 4.09. The van der Waals surface area contributed by atoms with Crippen molar-refractivity contribution in [2.24, 2.45) is 5.10 Å². The normalized spacial score (nSPS) is 15.5. The maximum atomic E-state index is 6.12. The van der Waals surface area contributed by atoms with Crippen molar-refractivity contribution in [2.45, 2.75) is 19.0 Å². The number of rotatable bonds is 5. The van der Waals surface area contributed by atoms with Gasteiger partial charge in [-0.2, -0.15) is 5.10 Å². The van der Waals surface area contributed by atoms with Crippen LogP contribution < -0.4 is 10.2 Å². The highest BCUT2D eigenvalue weighted by Crippen LogP contribution is 2.34. The summed E-state index contributed by atoms with van der Waals surface area (Å²) in [5.41, 5.74) is 5.59. The lowest BCUT2D eigenvalue weighted by Gasteiger charge is -2.25. The SMILES string of the molecule is CN(C)c1cccc(C2=NN(C(=S)NCc3ccccc3)[C@@H](c3ccc(Cl)cc3)C2)c1. The van der Waals surface area contributed by atoms with E-state index in [0.717, 1.165) is 34.0 Å². The molecule has 6 heteroatoms. The van der Waals surface area contributed by atoms with Crippen LogP contribution >= 0.6 is 23.8 Å². The van der Waals surface area contributed by atoms with Gasteiger partial charge in [0.05, 0.1) is 11.8 Å². The van der Waals surface area contributed by atoms with Crippen LogP contribution in [0.5, 0.6) is 0 Å². The average molecular weight is 449 g/mol. The van der Waals surface area contributed by atoms with E-state index < -0.39 is 0 Å². The number of hydrazone groups is 1. The molecule has 1 heterocycles. The lowest BCUT2D eigenvalue weighted by Crippen LogP contribution is -2.36. The molecule has 3 aromatic rings. The fraction of sp³-hybridized carbons (Fsp3) is 0.200. The highest BCUT2D eigenvalue weighted by Gasteiger charge is 2.31. The Morgan fingerprint density at radius 1 is 1.06 bits per heavy atom. The smallest absolute Gasteiger partial charge is 0.190 e. The zero-order valence-corrected chi connectivity index (χ0v) is 19.2. The summed E-state index contributed by atoms with van der Waals surface area (Å²) in [5, 5.41) is 11.6. The molecule has 1 atom stereocenters. The van der Waals surface area contributed by atoms with E-state index in [9.17, 15) is 0 Å². The van der Waals surface area contributed by atoms with Crippen LogP contribution in [-0.4, -0.2) is 29.9 Å². The molecule has 0 aromatic heterocycles. The minimum Gasteiger partial charge on any atom is -0.378 e. The standard InChI is InChI=1S/C25H25ClN4S/c1-29(2)22-10-6-9-20(15-22)23-16-24(19-11-13-21(26)14-12-19)30(28-23)25(31)27-17-18-7-4-3-5-8-18/h3-15,24H,16-17H2,1-2H3,(H,27,31)/t24-/m1/s1. The minimum atomic E-state index is 0.0195. The molecule has 1 aliphatic rings. The van der Waals surface area contributed by atoms with Gasteiger partial charge in [-0.1, -0.05) is 66.2 Å². The molecule has 4 nitrogen and oxygen atoms in total. The second-order valence-corrected chi connectivity index (χ2v) is 8.57. The lowest BCUT2D eigenvalue weighted by molar-refractivity contribution is 0.364. The maximum absolute atomic E-state index is 6.12. The predicted molar refractivity (Wildman–Crippen MR) is 134 cm³/mol. The molecule has 1 aliphatic heterocycles. The summed E-state index contributed by atoms with van der Waals surface area (Å²) in [5.74, 6) is 0. The molecular weight excluding hydrogens is 424 g/mol. The van der Waals surface area contributed by atoms with E-state index in [1.54, 1.807) is 0 Å². The van der Waals surface area contributed by atoms with Crippen molar-refractivity contribution in [3.05, 3.63) is 101 Å². The second kappa shape index (κ2) is 9.50. The molecule has 3 aromatic carbocycles. The number of nitrogens with one attached hydrogen (secondary N) is 1. The quantitative estimate of drug-likeness (QED) is 0.512. The molecule has 31 heavy (non-hydrogen) atoms. The first-order chi connectivity index (χ1) is 15.0. The van der Waals surface area contributed by atoms with E-state index in [-0.39, 0.29) is 6.04 Å². The third-order valence-electron chi connectivity index (χ3n) is 5.36. The molecule has 4 rings (SSSR count). The Hall–Kier alpha value is -2.89. The van der Waals surface area contributed by atoms with Gasteiger partial charge in [-0.15, -0.1) is 0 Å². The Kier molecular flexibility index (Phi) is 6.54. The fourth-order valence-corrected chi connectivity index (χ4v) is 4.00. The zero-order valence-electron chi connectivity index (χ0n) is 17.6. The van der Waals surface area contributed by atoms with Crippen LogP contribution in [0.25, 0.3) is 0 Å². The minimum absolute atomic E-state index is 0.0195. The topological polar surface area (TPSA) is 30.9 Å². The van der Waals surface area contributed by atoms with Gasteiger partial charge < -0.3 is 10.2 Å². The number of benzene rings is 3. The van der Waals surface area contributed by atoms with Gasteiger partial charge in [0.25, 0.3) is 0 Å². The van der Waals surface area contributed by atoms with E-state index in [2.05, 4.69) is 58.7 Å². The van der Waals surface area contributed by atoms with Crippen molar-refractivity contribution < 1.29 is 0 Å². The molecule has 0 saturated carbocycles. The molecule has 0 amide bonds. The Labute approximate surface area is 194 Å². The molecule has 0 spiro atoms. The van der Waals surface area contributed by atoms with Gasteiger partial charge >= 0.3 is 0 Å². The van der Waals surface area contributed by atoms with Crippen LogP contribution in [0.2, 0.25) is 5.02 Å². The molecular formula is C25H25ClN4S. The Morgan fingerprint density at radius 2 is 1.81 bits per heavy atom. The average Bonchev–Trinajstić information content (AvgIpc) is 3.24. The zero-order chi connectivity index (χ0) is 21.8. The molecule has 1 N–H and O–H groups in total. The predicted octanol–water partition coefficient (Wildman–Crippen LogP) is 5.63. The molecule has 0 fully saturated rings. The van der Waals surface area contributed by atoms with Crippen molar-refractivity contribution in [1.29, 1.82) is 0 Å². The second-order valence-electron chi connectivity index (χ2n) is 7.75. The first-order valence-electron chi connectivity index (χ1n) is 10.2. The van der Waals surface area contributed by atoms with Crippen molar-refractivity contribution in [3.63, 3.8) is 0 Å². The Balaban J connectivity index is 1.61. The van der Waals surface area contributed by atoms with Gasteiger partial charge in [0, 0.05) is 37.8 Å². The van der Waals surface area contributed by atoms with Crippen LogP contribution in [0.1, 0.15) is 29.2 Å². The summed E-state index contributed by atoms with van der Waals surface area (Å²) < 4.78 is 0. The number of nitrogens with zero attached hydrogens (tertiary/aromatic N) is 3. The van der Waals surface area contributed by atoms with Gasteiger partial charge in [0.1, 0.15) is 0 Å². The number of thiocarbonyl (C=S) groups is 1. The van der Waals surface area contributed by atoms with Crippen molar-refractivity contribution in [2.75, 3.05) is 19.0 Å². The highest BCUT2D eigenvalue weighted by molar-refractivity contribution is 7.80. The summed E-state index contributed by atoms with van der Waals surface area (Å²) in [6.45, 7) is 0.657. The van der Waals surface area contributed by atoms with Crippen molar-refractivity contribution in [3.8, 4) is 0 Å². The third-order valence-corrected chi connectivity index (χ3v) is 5.94. The highest BCUT2D eigenvalue weighted by atomic mass is 35.5. The van der Waals surface area contributed by atoms with Crippen molar-refractivity contribution >= 4 is 40.3 Å². The summed E-state index contributed by atoms with van der Waals surface area (Å²) in [6.07, 6.45) is 0.770. The number of halogens is 1. The number of anilines is 1. The first kappa shape index (κ1) is 21.3. The van der Waals surface area contributed by atoms with E-state index in [4.69, 9.17) is 28.9 Å². The summed E-state index contributed by atoms with van der Waals surface area (Å²) in [6, 6.07) is 26.6. The van der Waals surface area contributed by atoms with E-state index >= 15 is 0 Å². The van der Waals surface area contributed by atoms with Crippen LogP contribution in [0.3, 0.4) is 0 Å². The molecule has 0 radical (unpaired) electrons. The number of hydrogen-bond acceptors (Lipinski definition) is 3. The molecule has 0 aliphatic carbocycles. The van der Waals surface area contributed by atoms with Crippen molar-refractivity contribution in [1.82, 2.24) is 10.3 Å². The molecule has 0 saturated heterocycles.